The van der Waals surface area contributed by atoms with Gasteiger partial charge in [0.15, 0.2) is 0 Å². The van der Waals surface area contributed by atoms with Gasteiger partial charge < -0.3 is 19.5 Å². The Balaban J connectivity index is 1.49. The molecule has 2 aromatic heterocycles. The van der Waals surface area contributed by atoms with Gasteiger partial charge in [-0.2, -0.15) is 0 Å². The van der Waals surface area contributed by atoms with Gasteiger partial charge in [0, 0.05) is 35.1 Å². The molecule has 0 spiro atoms. The summed E-state index contributed by atoms with van der Waals surface area (Å²) >= 11 is 0. The molecule has 0 atom stereocenters. The van der Waals surface area contributed by atoms with Crippen LogP contribution in [0.3, 0.4) is 0 Å². The van der Waals surface area contributed by atoms with Crippen molar-refractivity contribution < 1.29 is 13.9 Å². The number of fused-ring (bicyclic) bond motifs is 2. The third kappa shape index (κ3) is 3.29. The number of carbonyl (C=O) groups excluding carboxylic acids is 1. The van der Waals surface area contributed by atoms with Crippen LogP contribution < -0.4 is 15.7 Å². The number of hydrogen-bond acceptors (Lipinski definition) is 4. The largest absolute Gasteiger partial charge is 0.497 e. The molecule has 6 heteroatoms. The summed E-state index contributed by atoms with van der Waals surface area (Å²) in [4.78, 5) is 27.8. The molecule has 2 N–H and O–H groups in total. The fraction of sp³-hybridized carbons (Fsp3) is 0.143. The van der Waals surface area contributed by atoms with Gasteiger partial charge in [0.2, 0.25) is 0 Å². The van der Waals surface area contributed by atoms with Crippen LogP contribution in [-0.2, 0) is 6.42 Å². The van der Waals surface area contributed by atoms with E-state index in [4.69, 9.17) is 9.15 Å². The number of carbonyl (C=O) groups is 1. The van der Waals surface area contributed by atoms with Crippen molar-refractivity contribution >= 4 is 27.8 Å². The van der Waals surface area contributed by atoms with Crippen LogP contribution in [0.25, 0.3) is 21.9 Å². The molecule has 0 radical (unpaired) electrons. The molecule has 6 nitrogen and oxygen atoms in total. The molecule has 0 bridgehead atoms. The molecule has 2 heterocycles. The van der Waals surface area contributed by atoms with Gasteiger partial charge in [-0.05, 0) is 36.2 Å². The van der Waals surface area contributed by atoms with Crippen LogP contribution in [0.4, 0.5) is 0 Å². The number of hydrogen-bond donors (Lipinski definition) is 2. The number of aromatic nitrogens is 1. The standard InChI is InChI=1S/C21H18N2O4/c1-26-15-7-6-13-10-17(21(25)27-19(13)11-15)20(24)22-9-8-14-12-23-18-5-3-2-4-16(14)18/h2-7,10-12,23H,8-9H2,1H3,(H,22,24). The molecule has 0 saturated carbocycles. The number of methoxy groups -OCH3 is 1. The predicted octanol–water partition coefficient (Wildman–Crippen LogP) is 3.26. The summed E-state index contributed by atoms with van der Waals surface area (Å²) in [6, 6.07) is 14.7. The van der Waals surface area contributed by atoms with Crippen molar-refractivity contribution in [3.63, 3.8) is 0 Å². The van der Waals surface area contributed by atoms with Crippen LogP contribution in [0, 0.1) is 0 Å². The van der Waals surface area contributed by atoms with E-state index in [1.165, 1.54) is 7.11 Å². The van der Waals surface area contributed by atoms with E-state index in [1.807, 2.05) is 30.5 Å². The second-order valence-corrected chi connectivity index (χ2v) is 6.22. The highest BCUT2D eigenvalue weighted by molar-refractivity contribution is 5.96. The van der Waals surface area contributed by atoms with E-state index in [2.05, 4.69) is 10.3 Å². The number of nitrogens with one attached hydrogen (secondary N) is 2. The zero-order valence-corrected chi connectivity index (χ0v) is 14.7. The van der Waals surface area contributed by atoms with Gasteiger partial charge in [-0.15, -0.1) is 0 Å². The first-order chi connectivity index (χ1) is 13.2. The molecule has 0 unspecified atom stereocenters. The Morgan fingerprint density at radius 2 is 2.04 bits per heavy atom. The highest BCUT2D eigenvalue weighted by atomic mass is 16.5. The van der Waals surface area contributed by atoms with E-state index in [9.17, 15) is 9.59 Å². The maximum absolute atomic E-state index is 12.4. The van der Waals surface area contributed by atoms with Gasteiger partial charge in [-0.1, -0.05) is 18.2 Å². The Hall–Kier alpha value is -3.54. The zero-order chi connectivity index (χ0) is 18.8. The Morgan fingerprint density at radius 1 is 1.19 bits per heavy atom. The summed E-state index contributed by atoms with van der Waals surface area (Å²) in [5, 5.41) is 4.59. The monoisotopic (exact) mass is 362 g/mol. The molecule has 1 amide bonds. The maximum Gasteiger partial charge on any atom is 0.349 e. The number of ether oxygens (including phenoxy) is 1. The summed E-state index contributed by atoms with van der Waals surface area (Å²) in [5.74, 6) is 0.142. The molecule has 0 aliphatic heterocycles. The first-order valence-electron chi connectivity index (χ1n) is 8.61. The highest BCUT2D eigenvalue weighted by Gasteiger charge is 2.14. The van der Waals surface area contributed by atoms with Crippen LogP contribution in [0.5, 0.6) is 5.75 Å². The summed E-state index contributed by atoms with van der Waals surface area (Å²) in [6.45, 7) is 0.417. The van der Waals surface area contributed by atoms with Crippen molar-refractivity contribution in [2.75, 3.05) is 13.7 Å². The van der Waals surface area contributed by atoms with E-state index in [-0.39, 0.29) is 5.56 Å². The van der Waals surface area contributed by atoms with Gasteiger partial charge in [0.05, 0.1) is 7.11 Å². The van der Waals surface area contributed by atoms with Crippen LogP contribution >= 0.6 is 0 Å². The normalized spacial score (nSPS) is 11.0. The molecule has 0 aliphatic rings. The number of H-pyrrole nitrogens is 1. The third-order valence-electron chi connectivity index (χ3n) is 4.54. The average molecular weight is 362 g/mol. The van der Waals surface area contributed by atoms with Crippen molar-refractivity contribution in [3.05, 3.63) is 76.3 Å². The molecule has 0 fully saturated rings. The third-order valence-corrected chi connectivity index (χ3v) is 4.54. The summed E-state index contributed by atoms with van der Waals surface area (Å²) in [6.07, 6.45) is 2.60. The van der Waals surface area contributed by atoms with E-state index in [0.717, 1.165) is 16.5 Å². The number of benzene rings is 2. The molecule has 4 aromatic rings. The smallest absolute Gasteiger partial charge is 0.349 e. The molecular formula is C21H18N2O4. The van der Waals surface area contributed by atoms with E-state index in [0.29, 0.717) is 29.7 Å². The lowest BCUT2D eigenvalue weighted by atomic mass is 10.1. The Morgan fingerprint density at radius 3 is 2.89 bits per heavy atom. The molecule has 0 aliphatic carbocycles. The molecule has 0 saturated heterocycles. The first kappa shape index (κ1) is 16.9. The molecule has 4 rings (SSSR count). The van der Waals surface area contributed by atoms with E-state index < -0.39 is 11.5 Å². The van der Waals surface area contributed by atoms with Crippen molar-refractivity contribution in [2.45, 2.75) is 6.42 Å². The second-order valence-electron chi connectivity index (χ2n) is 6.22. The van der Waals surface area contributed by atoms with Crippen molar-refractivity contribution in [1.82, 2.24) is 10.3 Å². The number of amides is 1. The lowest BCUT2D eigenvalue weighted by Gasteiger charge is -2.06. The van der Waals surface area contributed by atoms with Crippen molar-refractivity contribution in [2.24, 2.45) is 0 Å². The molecule has 136 valence electrons. The lowest BCUT2D eigenvalue weighted by Crippen LogP contribution is -2.29. The highest BCUT2D eigenvalue weighted by Crippen LogP contribution is 2.20. The Labute approximate surface area is 154 Å². The molecular weight excluding hydrogens is 344 g/mol. The van der Waals surface area contributed by atoms with Crippen LogP contribution in [-0.4, -0.2) is 24.5 Å². The SMILES string of the molecule is COc1ccc2cc(C(=O)NCCc3c[nH]c4ccccc34)c(=O)oc2c1. The van der Waals surface area contributed by atoms with Gasteiger partial charge >= 0.3 is 5.63 Å². The van der Waals surface area contributed by atoms with Crippen LogP contribution in [0.1, 0.15) is 15.9 Å². The minimum atomic E-state index is -0.666. The Kier molecular flexibility index (Phi) is 4.38. The van der Waals surface area contributed by atoms with E-state index in [1.54, 1.807) is 24.3 Å². The maximum atomic E-state index is 12.4. The first-order valence-corrected chi connectivity index (χ1v) is 8.61. The van der Waals surface area contributed by atoms with Gasteiger partial charge in [0.25, 0.3) is 5.91 Å². The fourth-order valence-electron chi connectivity index (χ4n) is 3.12. The van der Waals surface area contributed by atoms with Gasteiger partial charge in [-0.25, -0.2) is 4.79 Å². The second kappa shape index (κ2) is 6.99. The number of para-hydroxylation sites is 1. The van der Waals surface area contributed by atoms with E-state index >= 15 is 0 Å². The number of rotatable bonds is 5. The average Bonchev–Trinajstić information content (AvgIpc) is 3.10. The summed E-state index contributed by atoms with van der Waals surface area (Å²) in [5.41, 5.74) is 1.88. The fourth-order valence-corrected chi connectivity index (χ4v) is 3.12. The minimum Gasteiger partial charge on any atom is -0.497 e. The number of aromatic amines is 1. The van der Waals surface area contributed by atoms with Gasteiger partial charge in [0.1, 0.15) is 16.9 Å². The summed E-state index contributed by atoms with van der Waals surface area (Å²) < 4.78 is 10.4. The topological polar surface area (TPSA) is 84.3 Å². The Bertz CT molecular complexity index is 1190. The zero-order valence-electron chi connectivity index (χ0n) is 14.7. The van der Waals surface area contributed by atoms with Crippen LogP contribution in [0.15, 0.2) is 63.9 Å². The lowest BCUT2D eigenvalue weighted by molar-refractivity contribution is 0.0950. The quantitative estimate of drug-likeness (QED) is 0.534. The summed E-state index contributed by atoms with van der Waals surface area (Å²) in [7, 11) is 1.54. The van der Waals surface area contributed by atoms with Gasteiger partial charge in [-0.3, -0.25) is 4.79 Å². The molecule has 27 heavy (non-hydrogen) atoms. The molecule has 2 aromatic carbocycles. The predicted molar refractivity (Wildman–Crippen MR) is 103 cm³/mol. The van der Waals surface area contributed by atoms with Crippen molar-refractivity contribution in [1.29, 1.82) is 0 Å². The van der Waals surface area contributed by atoms with Crippen LogP contribution in [0.2, 0.25) is 0 Å². The minimum absolute atomic E-state index is 0.00778. The van der Waals surface area contributed by atoms with Crippen molar-refractivity contribution in [3.8, 4) is 5.75 Å².